The SMILES string of the molecule is CCCCCCC(=O)NC1CC(C)(CC)N(OC(C)c2ccccc2)C(C)(CC)C1C. The third-order valence-corrected chi connectivity index (χ3v) is 7.81. The maximum Gasteiger partial charge on any atom is 0.220 e. The van der Waals surface area contributed by atoms with E-state index in [0.717, 1.165) is 32.1 Å². The highest BCUT2D eigenvalue weighted by atomic mass is 16.7. The van der Waals surface area contributed by atoms with Gasteiger partial charge in [-0.15, -0.1) is 0 Å². The molecule has 4 heteroatoms. The van der Waals surface area contributed by atoms with Crippen molar-refractivity contribution in [1.82, 2.24) is 10.4 Å². The summed E-state index contributed by atoms with van der Waals surface area (Å²) >= 11 is 0. The second-order valence-corrected chi connectivity index (χ2v) is 9.99. The summed E-state index contributed by atoms with van der Waals surface area (Å²) in [7, 11) is 0. The van der Waals surface area contributed by atoms with Gasteiger partial charge in [-0.25, -0.2) is 0 Å². The third-order valence-electron chi connectivity index (χ3n) is 7.81. The number of hydrogen-bond donors (Lipinski definition) is 1. The number of hydrogen-bond acceptors (Lipinski definition) is 3. The second-order valence-electron chi connectivity index (χ2n) is 9.99. The molecule has 1 heterocycles. The lowest BCUT2D eigenvalue weighted by Crippen LogP contribution is -2.70. The molecule has 0 aliphatic carbocycles. The van der Waals surface area contributed by atoms with Crippen molar-refractivity contribution in [2.45, 2.75) is 123 Å². The lowest BCUT2D eigenvalue weighted by Gasteiger charge is -2.60. The van der Waals surface area contributed by atoms with Crippen molar-refractivity contribution in [3.8, 4) is 0 Å². The van der Waals surface area contributed by atoms with Crippen LogP contribution >= 0.6 is 0 Å². The molecule has 1 aliphatic rings. The minimum atomic E-state index is -0.161. The predicted molar refractivity (Wildman–Crippen MR) is 130 cm³/mol. The number of rotatable bonds is 11. The zero-order chi connectivity index (χ0) is 23.1. The van der Waals surface area contributed by atoms with Crippen LogP contribution in [-0.4, -0.2) is 28.1 Å². The summed E-state index contributed by atoms with van der Waals surface area (Å²) < 4.78 is 0. The van der Waals surface area contributed by atoms with E-state index in [9.17, 15) is 4.79 Å². The van der Waals surface area contributed by atoms with Gasteiger partial charge in [-0.2, -0.15) is 5.06 Å². The Balaban J connectivity index is 2.18. The van der Waals surface area contributed by atoms with Crippen LogP contribution in [0.25, 0.3) is 0 Å². The van der Waals surface area contributed by atoms with Gasteiger partial charge < -0.3 is 5.32 Å². The van der Waals surface area contributed by atoms with Gasteiger partial charge in [0.1, 0.15) is 6.10 Å². The van der Waals surface area contributed by atoms with Crippen molar-refractivity contribution >= 4 is 5.91 Å². The average molecular weight is 431 g/mol. The highest BCUT2D eigenvalue weighted by Gasteiger charge is 2.54. The van der Waals surface area contributed by atoms with E-state index >= 15 is 0 Å². The van der Waals surface area contributed by atoms with Crippen molar-refractivity contribution in [1.29, 1.82) is 0 Å². The van der Waals surface area contributed by atoms with Gasteiger partial charge in [0.15, 0.2) is 0 Å². The molecule has 5 unspecified atom stereocenters. The van der Waals surface area contributed by atoms with Crippen LogP contribution in [0.4, 0.5) is 0 Å². The molecule has 5 atom stereocenters. The molecule has 176 valence electrons. The highest BCUT2D eigenvalue weighted by molar-refractivity contribution is 5.76. The molecular weight excluding hydrogens is 384 g/mol. The minimum absolute atomic E-state index is 0.0187. The molecule has 1 aromatic rings. The monoisotopic (exact) mass is 430 g/mol. The predicted octanol–water partition coefficient (Wildman–Crippen LogP) is 6.81. The first-order valence-electron chi connectivity index (χ1n) is 12.5. The molecule has 0 saturated carbocycles. The van der Waals surface area contributed by atoms with Gasteiger partial charge in [-0.05, 0) is 57.9 Å². The molecule has 0 bridgehead atoms. The van der Waals surface area contributed by atoms with Crippen LogP contribution in [0, 0.1) is 5.92 Å². The molecule has 4 nitrogen and oxygen atoms in total. The lowest BCUT2D eigenvalue weighted by molar-refractivity contribution is -0.327. The van der Waals surface area contributed by atoms with Crippen molar-refractivity contribution in [2.24, 2.45) is 5.92 Å². The second kappa shape index (κ2) is 11.5. The number of benzene rings is 1. The Bertz CT molecular complexity index is 679. The normalized spacial score (nSPS) is 30.2. The number of amides is 1. The van der Waals surface area contributed by atoms with Crippen LogP contribution in [-0.2, 0) is 9.63 Å². The van der Waals surface area contributed by atoms with E-state index in [1.54, 1.807) is 0 Å². The topological polar surface area (TPSA) is 41.6 Å². The van der Waals surface area contributed by atoms with Gasteiger partial charge in [0.05, 0.1) is 0 Å². The van der Waals surface area contributed by atoms with E-state index < -0.39 is 0 Å². The van der Waals surface area contributed by atoms with Crippen LogP contribution in [0.1, 0.15) is 112 Å². The summed E-state index contributed by atoms with van der Waals surface area (Å²) in [5, 5.41) is 5.71. The van der Waals surface area contributed by atoms with E-state index in [4.69, 9.17) is 4.84 Å². The molecule has 0 aromatic heterocycles. The number of nitrogens with one attached hydrogen (secondary N) is 1. The Kier molecular flexibility index (Phi) is 9.57. The number of unbranched alkanes of at least 4 members (excludes halogenated alkanes) is 3. The van der Waals surface area contributed by atoms with Gasteiger partial charge in [0.2, 0.25) is 5.91 Å². The molecular formula is C27H46N2O2. The van der Waals surface area contributed by atoms with Crippen molar-refractivity contribution in [2.75, 3.05) is 0 Å². The van der Waals surface area contributed by atoms with Crippen molar-refractivity contribution in [3.63, 3.8) is 0 Å². The van der Waals surface area contributed by atoms with Crippen LogP contribution < -0.4 is 5.32 Å². The average Bonchev–Trinajstić information content (AvgIpc) is 2.78. The van der Waals surface area contributed by atoms with Gasteiger partial charge in [0.25, 0.3) is 0 Å². The van der Waals surface area contributed by atoms with E-state index in [2.05, 4.69) is 83.1 Å². The molecule has 1 fully saturated rings. The van der Waals surface area contributed by atoms with Crippen molar-refractivity contribution in [3.05, 3.63) is 35.9 Å². The van der Waals surface area contributed by atoms with Gasteiger partial charge >= 0.3 is 0 Å². The number of hydroxylamine groups is 2. The lowest BCUT2D eigenvalue weighted by atomic mass is 9.68. The van der Waals surface area contributed by atoms with E-state index in [-0.39, 0.29) is 29.1 Å². The first kappa shape index (κ1) is 25.9. The Morgan fingerprint density at radius 1 is 1.13 bits per heavy atom. The van der Waals surface area contributed by atoms with Crippen LogP contribution in [0.3, 0.4) is 0 Å². The summed E-state index contributed by atoms with van der Waals surface area (Å²) in [5.74, 6) is 0.497. The molecule has 0 radical (unpaired) electrons. The fourth-order valence-electron chi connectivity index (χ4n) is 5.08. The van der Waals surface area contributed by atoms with Crippen molar-refractivity contribution < 1.29 is 9.63 Å². The summed E-state index contributed by atoms with van der Waals surface area (Å²) in [4.78, 5) is 19.4. The molecule has 2 rings (SSSR count). The number of piperidine rings is 1. The van der Waals surface area contributed by atoms with E-state index in [1.807, 2.05) is 6.07 Å². The fraction of sp³-hybridized carbons (Fsp3) is 0.741. The highest BCUT2D eigenvalue weighted by Crippen LogP contribution is 2.47. The maximum atomic E-state index is 12.7. The maximum absolute atomic E-state index is 12.7. The summed E-state index contributed by atoms with van der Waals surface area (Å²) in [5.41, 5.74) is 0.890. The molecule has 31 heavy (non-hydrogen) atoms. The van der Waals surface area contributed by atoms with Gasteiger partial charge in [0, 0.05) is 23.5 Å². The largest absolute Gasteiger partial charge is 0.353 e. The summed E-state index contributed by atoms with van der Waals surface area (Å²) in [6.45, 7) is 15.7. The molecule has 1 N–H and O–H groups in total. The van der Waals surface area contributed by atoms with Gasteiger partial charge in [-0.1, -0.05) is 77.3 Å². The van der Waals surface area contributed by atoms with Crippen LogP contribution in [0.5, 0.6) is 0 Å². The van der Waals surface area contributed by atoms with Gasteiger partial charge in [-0.3, -0.25) is 9.63 Å². The Labute approximate surface area is 191 Å². The number of carbonyl (C=O) groups excluding carboxylic acids is 1. The summed E-state index contributed by atoms with van der Waals surface area (Å²) in [6, 6.07) is 10.6. The Hall–Kier alpha value is -1.39. The third kappa shape index (κ3) is 6.10. The van der Waals surface area contributed by atoms with E-state index in [0.29, 0.717) is 12.3 Å². The minimum Gasteiger partial charge on any atom is -0.353 e. The molecule has 1 amide bonds. The molecule has 1 saturated heterocycles. The quantitative estimate of drug-likeness (QED) is 0.392. The van der Waals surface area contributed by atoms with E-state index in [1.165, 1.54) is 18.4 Å². The molecule has 1 aliphatic heterocycles. The van der Waals surface area contributed by atoms with Crippen LogP contribution in [0.2, 0.25) is 0 Å². The first-order chi connectivity index (χ1) is 14.7. The Morgan fingerprint density at radius 3 is 2.39 bits per heavy atom. The molecule has 0 spiro atoms. The standard InChI is InChI=1S/C27H46N2O2/c1-8-11-12-16-19-25(30)28-24-20-26(6,9-2)29(27(7,10-3)21(24)4)31-22(5)23-17-14-13-15-18-23/h13-15,17-18,21-22,24H,8-12,16,19-20H2,1-7H3,(H,28,30). The fourth-order valence-corrected chi connectivity index (χ4v) is 5.08. The zero-order valence-corrected chi connectivity index (χ0v) is 21.0. The molecule has 1 aromatic carbocycles. The first-order valence-corrected chi connectivity index (χ1v) is 12.5. The number of carbonyl (C=O) groups is 1. The number of nitrogens with zero attached hydrogens (tertiary/aromatic N) is 1. The zero-order valence-electron chi connectivity index (χ0n) is 21.0. The Morgan fingerprint density at radius 2 is 1.81 bits per heavy atom. The smallest absolute Gasteiger partial charge is 0.220 e. The van der Waals surface area contributed by atoms with Crippen LogP contribution in [0.15, 0.2) is 30.3 Å². The summed E-state index contributed by atoms with van der Waals surface area (Å²) in [6.07, 6.45) is 8.00.